The summed E-state index contributed by atoms with van der Waals surface area (Å²) in [6.07, 6.45) is 3.35. The number of ether oxygens (including phenoxy) is 1. The Hall–Kier alpha value is -2.31. The molecule has 5 nitrogen and oxygen atoms in total. The third-order valence-corrected chi connectivity index (χ3v) is 5.49. The molecule has 0 saturated heterocycles. The quantitative estimate of drug-likeness (QED) is 0.556. The van der Waals surface area contributed by atoms with E-state index in [0.29, 0.717) is 11.7 Å². The fraction of sp³-hybridized carbons (Fsp3) is 0.176. The SMILES string of the molecule is COc1cc(C)cc2cc(-c3c(CCl)cn4ncnc(N)c34)sc12. The van der Waals surface area contributed by atoms with Crippen LogP contribution in [0.2, 0.25) is 0 Å². The van der Waals surface area contributed by atoms with Crippen molar-refractivity contribution in [3.8, 4) is 16.2 Å². The molecule has 0 aliphatic heterocycles. The van der Waals surface area contributed by atoms with Crippen molar-refractivity contribution < 1.29 is 4.74 Å². The van der Waals surface area contributed by atoms with Crippen LogP contribution in [0.25, 0.3) is 26.0 Å². The standard InChI is InChI=1S/C17H15ClN4OS/c1-9-3-10-5-13(24-16(10)12(4-9)23-2)14-11(6-18)7-22-15(14)17(19)20-8-21-22/h3-5,7-8H,6H2,1-2H3,(H2,19,20,21). The minimum absolute atomic E-state index is 0.378. The van der Waals surface area contributed by atoms with E-state index in [4.69, 9.17) is 22.1 Å². The second kappa shape index (κ2) is 5.65. The molecule has 4 rings (SSSR count). The lowest BCUT2D eigenvalue weighted by Crippen LogP contribution is -1.98. The maximum Gasteiger partial charge on any atom is 0.152 e. The number of nitrogens with zero attached hydrogens (tertiary/aromatic N) is 3. The molecule has 0 saturated carbocycles. The average molecular weight is 359 g/mol. The van der Waals surface area contributed by atoms with Crippen molar-refractivity contribution in [2.45, 2.75) is 12.8 Å². The Kier molecular flexibility index (Phi) is 3.58. The lowest BCUT2D eigenvalue weighted by atomic mass is 10.1. The minimum Gasteiger partial charge on any atom is -0.495 e. The number of thiophene rings is 1. The minimum atomic E-state index is 0.378. The van der Waals surface area contributed by atoms with E-state index in [9.17, 15) is 0 Å². The molecule has 4 aromatic rings. The fourth-order valence-electron chi connectivity index (χ4n) is 3.00. The molecule has 0 atom stereocenters. The molecule has 0 bridgehead atoms. The Morgan fingerprint density at radius 1 is 1.33 bits per heavy atom. The Morgan fingerprint density at radius 2 is 2.17 bits per heavy atom. The molecule has 122 valence electrons. The summed E-state index contributed by atoms with van der Waals surface area (Å²) >= 11 is 7.83. The molecule has 1 aromatic carbocycles. The number of aryl methyl sites for hydroxylation is 1. The lowest BCUT2D eigenvalue weighted by Gasteiger charge is -2.02. The zero-order valence-electron chi connectivity index (χ0n) is 13.2. The van der Waals surface area contributed by atoms with Crippen molar-refractivity contribution in [1.29, 1.82) is 0 Å². The molecule has 7 heteroatoms. The monoisotopic (exact) mass is 358 g/mol. The van der Waals surface area contributed by atoms with Crippen LogP contribution in [0, 0.1) is 6.92 Å². The number of rotatable bonds is 3. The van der Waals surface area contributed by atoms with Crippen LogP contribution in [-0.2, 0) is 5.88 Å². The van der Waals surface area contributed by atoms with Gasteiger partial charge in [0.25, 0.3) is 0 Å². The van der Waals surface area contributed by atoms with Gasteiger partial charge in [0.1, 0.15) is 17.6 Å². The molecule has 3 heterocycles. The van der Waals surface area contributed by atoms with Crippen LogP contribution in [0.5, 0.6) is 5.75 Å². The second-order valence-electron chi connectivity index (χ2n) is 5.60. The maximum absolute atomic E-state index is 6.17. The highest BCUT2D eigenvalue weighted by molar-refractivity contribution is 7.22. The Labute approximate surface area is 147 Å². The van der Waals surface area contributed by atoms with Crippen LogP contribution in [0.1, 0.15) is 11.1 Å². The van der Waals surface area contributed by atoms with Crippen LogP contribution in [-0.4, -0.2) is 21.7 Å². The highest BCUT2D eigenvalue weighted by atomic mass is 35.5. The summed E-state index contributed by atoms with van der Waals surface area (Å²) in [7, 11) is 1.69. The number of methoxy groups -OCH3 is 1. The van der Waals surface area contributed by atoms with Gasteiger partial charge in [0.15, 0.2) is 5.82 Å². The van der Waals surface area contributed by atoms with Crippen molar-refractivity contribution in [3.63, 3.8) is 0 Å². The first-order valence-corrected chi connectivity index (χ1v) is 8.72. The number of fused-ring (bicyclic) bond motifs is 2. The van der Waals surface area contributed by atoms with E-state index in [2.05, 4.69) is 29.1 Å². The second-order valence-corrected chi connectivity index (χ2v) is 6.92. The highest BCUT2D eigenvalue weighted by Gasteiger charge is 2.19. The maximum atomic E-state index is 6.17. The van der Waals surface area contributed by atoms with Gasteiger partial charge < -0.3 is 10.5 Å². The summed E-state index contributed by atoms with van der Waals surface area (Å²) in [4.78, 5) is 5.20. The van der Waals surface area contributed by atoms with E-state index < -0.39 is 0 Å². The molecule has 0 spiro atoms. The van der Waals surface area contributed by atoms with Gasteiger partial charge in [-0.15, -0.1) is 22.9 Å². The largest absolute Gasteiger partial charge is 0.495 e. The van der Waals surface area contributed by atoms with Crippen LogP contribution in [0.3, 0.4) is 0 Å². The lowest BCUT2D eigenvalue weighted by molar-refractivity contribution is 0.420. The number of hydrogen-bond acceptors (Lipinski definition) is 5. The number of alkyl halides is 1. The van der Waals surface area contributed by atoms with Crippen molar-refractivity contribution >= 4 is 44.4 Å². The summed E-state index contributed by atoms with van der Waals surface area (Å²) in [6, 6.07) is 6.34. The van der Waals surface area contributed by atoms with Gasteiger partial charge in [-0.05, 0) is 35.6 Å². The number of halogens is 1. The Morgan fingerprint density at radius 3 is 2.92 bits per heavy atom. The summed E-state index contributed by atoms with van der Waals surface area (Å²) in [5.41, 5.74) is 10.0. The zero-order valence-corrected chi connectivity index (χ0v) is 14.8. The van der Waals surface area contributed by atoms with Gasteiger partial charge in [-0.1, -0.05) is 6.07 Å². The summed E-state index contributed by atoms with van der Waals surface area (Å²) in [5.74, 6) is 1.70. The molecule has 0 fully saturated rings. The number of aromatic nitrogens is 3. The first-order chi connectivity index (χ1) is 11.6. The third-order valence-electron chi connectivity index (χ3n) is 4.02. The van der Waals surface area contributed by atoms with Crippen molar-refractivity contribution in [2.75, 3.05) is 12.8 Å². The van der Waals surface area contributed by atoms with E-state index >= 15 is 0 Å². The molecule has 0 aliphatic rings. The van der Waals surface area contributed by atoms with Gasteiger partial charge in [0.05, 0.1) is 11.8 Å². The first-order valence-electron chi connectivity index (χ1n) is 7.37. The topological polar surface area (TPSA) is 65.4 Å². The van der Waals surface area contributed by atoms with Crippen LogP contribution < -0.4 is 10.5 Å². The predicted octanol–water partition coefficient (Wildman–Crippen LogP) is 4.25. The highest BCUT2D eigenvalue weighted by Crippen LogP contribution is 2.43. The number of anilines is 1. The van der Waals surface area contributed by atoms with E-state index in [1.165, 1.54) is 6.33 Å². The number of nitrogen functional groups attached to an aromatic ring is 1. The number of benzene rings is 1. The molecule has 0 amide bonds. The summed E-state index contributed by atoms with van der Waals surface area (Å²) in [6.45, 7) is 2.06. The van der Waals surface area contributed by atoms with E-state index in [1.54, 1.807) is 23.0 Å². The molecule has 24 heavy (non-hydrogen) atoms. The van der Waals surface area contributed by atoms with Gasteiger partial charge >= 0.3 is 0 Å². The van der Waals surface area contributed by atoms with Crippen molar-refractivity contribution in [2.24, 2.45) is 0 Å². The van der Waals surface area contributed by atoms with Crippen LogP contribution in [0.4, 0.5) is 5.82 Å². The summed E-state index contributed by atoms with van der Waals surface area (Å²) < 4.78 is 8.38. The Balaban J connectivity index is 2.06. The fourth-order valence-corrected chi connectivity index (χ4v) is 4.42. The molecule has 3 aromatic heterocycles. The average Bonchev–Trinajstić information content (AvgIpc) is 3.15. The van der Waals surface area contributed by atoms with Crippen molar-refractivity contribution in [3.05, 3.63) is 41.9 Å². The number of hydrogen-bond donors (Lipinski definition) is 1. The molecule has 0 aliphatic carbocycles. The first kappa shape index (κ1) is 15.2. The normalized spacial score (nSPS) is 11.5. The number of nitrogens with two attached hydrogens (primary N) is 1. The van der Waals surface area contributed by atoms with Gasteiger partial charge in [-0.2, -0.15) is 5.10 Å². The smallest absolute Gasteiger partial charge is 0.152 e. The molecular formula is C17H15ClN4OS. The van der Waals surface area contributed by atoms with Crippen LogP contribution in [0.15, 0.2) is 30.7 Å². The van der Waals surface area contributed by atoms with Gasteiger partial charge in [0, 0.05) is 22.5 Å². The van der Waals surface area contributed by atoms with Crippen molar-refractivity contribution in [1.82, 2.24) is 14.6 Å². The van der Waals surface area contributed by atoms with Crippen LogP contribution >= 0.6 is 22.9 Å². The van der Waals surface area contributed by atoms with E-state index in [1.807, 2.05) is 12.3 Å². The molecule has 0 radical (unpaired) electrons. The van der Waals surface area contributed by atoms with E-state index in [0.717, 1.165) is 42.9 Å². The Bertz CT molecular complexity index is 1070. The predicted molar refractivity (Wildman–Crippen MR) is 99.1 cm³/mol. The third kappa shape index (κ3) is 2.22. The molecular weight excluding hydrogens is 344 g/mol. The molecule has 2 N–H and O–H groups in total. The van der Waals surface area contributed by atoms with E-state index in [-0.39, 0.29) is 0 Å². The zero-order chi connectivity index (χ0) is 16.8. The van der Waals surface area contributed by atoms with Gasteiger partial charge in [-0.3, -0.25) is 0 Å². The van der Waals surface area contributed by atoms with Gasteiger partial charge in [0.2, 0.25) is 0 Å². The van der Waals surface area contributed by atoms with Gasteiger partial charge in [-0.25, -0.2) is 9.50 Å². The molecule has 0 unspecified atom stereocenters. The summed E-state index contributed by atoms with van der Waals surface area (Å²) in [5, 5.41) is 5.39.